The van der Waals surface area contributed by atoms with E-state index >= 15 is 0 Å². The standard InChI is InChI=1S/C17H15NO6/c1-9(20)23-11-4-2-10(3-5-11)18-15(21)13-12-6-7-17(8-19,24-12)14(13)16(18)22/h2-7,12-14,19H,8H2,1H3/t12-,13-,14+,17+/m0/s1. The van der Waals surface area contributed by atoms with Gasteiger partial charge >= 0.3 is 5.97 Å². The number of nitrogens with zero attached hydrogens (tertiary/aromatic N) is 1. The van der Waals surface area contributed by atoms with Crippen LogP contribution in [0.4, 0.5) is 5.69 Å². The first-order valence-electron chi connectivity index (χ1n) is 7.61. The normalized spacial score (nSPS) is 33.2. The number of rotatable bonds is 3. The highest BCUT2D eigenvalue weighted by molar-refractivity contribution is 6.23. The quantitative estimate of drug-likeness (QED) is 0.374. The number of imide groups is 1. The summed E-state index contributed by atoms with van der Waals surface area (Å²) in [6, 6.07) is 6.15. The van der Waals surface area contributed by atoms with Gasteiger partial charge in [-0.1, -0.05) is 12.2 Å². The summed E-state index contributed by atoms with van der Waals surface area (Å²) in [5.41, 5.74) is -0.697. The summed E-state index contributed by atoms with van der Waals surface area (Å²) in [5.74, 6) is -2.15. The first-order valence-corrected chi connectivity index (χ1v) is 7.61. The highest BCUT2D eigenvalue weighted by atomic mass is 16.5. The minimum Gasteiger partial charge on any atom is -0.427 e. The Balaban J connectivity index is 1.65. The van der Waals surface area contributed by atoms with Gasteiger partial charge in [-0.3, -0.25) is 14.4 Å². The van der Waals surface area contributed by atoms with E-state index in [0.29, 0.717) is 11.4 Å². The Morgan fingerprint density at radius 3 is 2.62 bits per heavy atom. The molecule has 7 nitrogen and oxygen atoms in total. The molecule has 24 heavy (non-hydrogen) atoms. The zero-order valence-electron chi connectivity index (χ0n) is 12.8. The molecule has 3 heterocycles. The van der Waals surface area contributed by atoms with E-state index < -0.39 is 29.5 Å². The van der Waals surface area contributed by atoms with Gasteiger partial charge in [0.05, 0.1) is 30.2 Å². The van der Waals surface area contributed by atoms with Crippen LogP contribution < -0.4 is 9.64 Å². The van der Waals surface area contributed by atoms with Crippen LogP contribution in [0.5, 0.6) is 5.75 Å². The van der Waals surface area contributed by atoms with Crippen molar-refractivity contribution in [3.8, 4) is 5.75 Å². The first-order chi connectivity index (χ1) is 11.5. The van der Waals surface area contributed by atoms with Gasteiger partial charge < -0.3 is 14.6 Å². The number of fused-ring (bicyclic) bond motifs is 5. The van der Waals surface area contributed by atoms with E-state index in [9.17, 15) is 19.5 Å². The van der Waals surface area contributed by atoms with E-state index in [1.54, 1.807) is 24.3 Å². The van der Waals surface area contributed by atoms with Crippen LogP contribution >= 0.6 is 0 Å². The maximum atomic E-state index is 12.8. The number of aliphatic hydroxyl groups excluding tert-OH is 1. The maximum absolute atomic E-state index is 12.8. The fourth-order valence-corrected chi connectivity index (χ4v) is 3.77. The largest absolute Gasteiger partial charge is 0.427 e. The van der Waals surface area contributed by atoms with E-state index in [1.165, 1.54) is 19.1 Å². The Kier molecular flexibility index (Phi) is 3.13. The van der Waals surface area contributed by atoms with Gasteiger partial charge in [-0.05, 0) is 24.3 Å². The summed E-state index contributed by atoms with van der Waals surface area (Å²) in [6.07, 6.45) is 2.93. The van der Waals surface area contributed by atoms with Crippen LogP contribution in [0.1, 0.15) is 6.92 Å². The number of anilines is 1. The van der Waals surface area contributed by atoms with Crippen LogP contribution in [0.15, 0.2) is 36.4 Å². The second-order valence-electron chi connectivity index (χ2n) is 6.16. The Morgan fingerprint density at radius 2 is 2.00 bits per heavy atom. The summed E-state index contributed by atoms with van der Waals surface area (Å²) >= 11 is 0. The number of carbonyl (C=O) groups excluding carboxylic acids is 3. The van der Waals surface area contributed by atoms with E-state index in [-0.39, 0.29) is 18.4 Å². The number of carbonyl (C=O) groups is 3. The topological polar surface area (TPSA) is 93.1 Å². The van der Waals surface area contributed by atoms with Gasteiger partial charge in [0.2, 0.25) is 11.8 Å². The fourth-order valence-electron chi connectivity index (χ4n) is 3.77. The molecule has 1 aromatic carbocycles. The zero-order chi connectivity index (χ0) is 17.1. The summed E-state index contributed by atoms with van der Waals surface area (Å²) in [7, 11) is 0. The van der Waals surface area contributed by atoms with Gasteiger partial charge in [0.1, 0.15) is 11.4 Å². The van der Waals surface area contributed by atoms with Crippen molar-refractivity contribution < 1.29 is 29.0 Å². The van der Waals surface area contributed by atoms with Gasteiger partial charge in [0.25, 0.3) is 0 Å². The molecule has 2 amide bonds. The number of amides is 2. The summed E-state index contributed by atoms with van der Waals surface area (Å²) in [5, 5.41) is 9.66. The lowest BCUT2D eigenvalue weighted by Gasteiger charge is -2.26. The van der Waals surface area contributed by atoms with Crippen LogP contribution in [0.25, 0.3) is 0 Å². The molecule has 2 fully saturated rings. The molecule has 3 aliphatic heterocycles. The van der Waals surface area contributed by atoms with Crippen molar-refractivity contribution in [3.05, 3.63) is 36.4 Å². The third-order valence-electron chi connectivity index (χ3n) is 4.76. The molecular weight excluding hydrogens is 314 g/mol. The lowest BCUT2D eigenvalue weighted by Crippen LogP contribution is -2.43. The van der Waals surface area contributed by atoms with E-state index in [2.05, 4.69) is 0 Å². The van der Waals surface area contributed by atoms with Crippen molar-refractivity contribution in [1.82, 2.24) is 0 Å². The number of esters is 1. The molecule has 2 saturated heterocycles. The molecule has 2 bridgehead atoms. The van der Waals surface area contributed by atoms with E-state index in [4.69, 9.17) is 9.47 Å². The molecule has 0 spiro atoms. The molecule has 1 N–H and O–H groups in total. The Bertz CT molecular complexity index is 770. The Labute approximate surface area is 137 Å². The van der Waals surface area contributed by atoms with Crippen LogP contribution in [0, 0.1) is 11.8 Å². The molecule has 0 aliphatic carbocycles. The average Bonchev–Trinajstić information content (AvgIpc) is 3.19. The molecule has 1 aromatic rings. The van der Waals surface area contributed by atoms with Crippen molar-refractivity contribution in [2.75, 3.05) is 11.5 Å². The van der Waals surface area contributed by atoms with Gasteiger partial charge in [-0.25, -0.2) is 4.90 Å². The first kappa shape index (κ1) is 15.0. The highest BCUT2D eigenvalue weighted by Gasteiger charge is 2.67. The SMILES string of the molecule is CC(=O)Oc1ccc(N2C(=O)[C@H]3[C@@H]4C=C[C@](CO)(O4)[C@H]3C2=O)cc1. The van der Waals surface area contributed by atoms with Crippen LogP contribution in [-0.4, -0.2) is 41.2 Å². The lowest BCUT2D eigenvalue weighted by atomic mass is 9.77. The molecule has 4 atom stereocenters. The Hall–Kier alpha value is -2.51. The molecule has 124 valence electrons. The number of hydrogen-bond acceptors (Lipinski definition) is 6. The molecule has 3 aliphatic rings. The monoisotopic (exact) mass is 329 g/mol. The Morgan fingerprint density at radius 1 is 1.29 bits per heavy atom. The molecule has 0 radical (unpaired) electrons. The minimum atomic E-state index is -1.10. The van der Waals surface area contributed by atoms with E-state index in [1.807, 2.05) is 0 Å². The minimum absolute atomic E-state index is 0.336. The average molecular weight is 329 g/mol. The van der Waals surface area contributed by atoms with Gasteiger partial charge in [0, 0.05) is 6.92 Å². The molecule has 0 saturated carbocycles. The maximum Gasteiger partial charge on any atom is 0.308 e. The van der Waals surface area contributed by atoms with Crippen molar-refractivity contribution in [2.24, 2.45) is 11.8 Å². The van der Waals surface area contributed by atoms with Crippen LogP contribution in [0.3, 0.4) is 0 Å². The van der Waals surface area contributed by atoms with Crippen molar-refractivity contribution >= 4 is 23.5 Å². The van der Waals surface area contributed by atoms with Crippen molar-refractivity contribution in [2.45, 2.75) is 18.6 Å². The van der Waals surface area contributed by atoms with E-state index in [0.717, 1.165) is 4.90 Å². The predicted octanol–water partition coefficient (Wildman–Crippen LogP) is 0.417. The zero-order valence-corrected chi connectivity index (χ0v) is 12.8. The summed E-state index contributed by atoms with van der Waals surface area (Å²) in [4.78, 5) is 37.6. The molecule has 0 aromatic heterocycles. The number of aliphatic hydroxyl groups is 1. The predicted molar refractivity (Wildman–Crippen MR) is 81.1 cm³/mol. The van der Waals surface area contributed by atoms with Gasteiger partial charge in [-0.2, -0.15) is 0 Å². The summed E-state index contributed by atoms with van der Waals surface area (Å²) in [6.45, 7) is 0.944. The van der Waals surface area contributed by atoms with Crippen molar-refractivity contribution in [1.29, 1.82) is 0 Å². The second kappa shape index (κ2) is 4.99. The third kappa shape index (κ3) is 1.88. The number of hydrogen-bond donors (Lipinski definition) is 1. The highest BCUT2D eigenvalue weighted by Crippen LogP contribution is 2.52. The van der Waals surface area contributed by atoms with Crippen molar-refractivity contribution in [3.63, 3.8) is 0 Å². The third-order valence-corrected chi connectivity index (χ3v) is 4.76. The van der Waals surface area contributed by atoms with Crippen LogP contribution in [-0.2, 0) is 19.1 Å². The van der Waals surface area contributed by atoms with Gasteiger partial charge in [0.15, 0.2) is 0 Å². The molecule has 7 heteroatoms. The number of benzene rings is 1. The second-order valence-corrected chi connectivity index (χ2v) is 6.16. The van der Waals surface area contributed by atoms with Crippen LogP contribution in [0.2, 0.25) is 0 Å². The summed E-state index contributed by atoms with van der Waals surface area (Å²) < 4.78 is 10.6. The fraction of sp³-hybridized carbons (Fsp3) is 0.353. The molecule has 4 rings (SSSR count). The molecule has 0 unspecified atom stereocenters. The number of ether oxygens (including phenoxy) is 2. The van der Waals surface area contributed by atoms with Gasteiger partial charge in [-0.15, -0.1) is 0 Å². The lowest BCUT2D eigenvalue weighted by molar-refractivity contribution is -0.132. The smallest absolute Gasteiger partial charge is 0.308 e. The molecular formula is C17H15NO6.